The third-order valence-corrected chi connectivity index (χ3v) is 4.18. The molecule has 0 fully saturated rings. The highest BCUT2D eigenvalue weighted by atomic mass is 16.5. The first-order valence-electron chi connectivity index (χ1n) is 9.16. The number of carbonyl (C=O) groups is 1. The van der Waals surface area contributed by atoms with Crippen molar-refractivity contribution in [3.8, 4) is 0 Å². The molecule has 0 spiro atoms. The van der Waals surface area contributed by atoms with Crippen LogP contribution in [0.25, 0.3) is 0 Å². The van der Waals surface area contributed by atoms with Crippen molar-refractivity contribution in [2.75, 3.05) is 19.8 Å². The Hall–Kier alpha value is -0.610. The lowest BCUT2D eigenvalue weighted by atomic mass is 9.97. The lowest BCUT2D eigenvalue weighted by Crippen LogP contribution is -2.34. The molecule has 0 saturated carbocycles. The number of rotatable bonds is 14. The number of hydrogen-bond acceptors (Lipinski definition) is 3. The summed E-state index contributed by atoms with van der Waals surface area (Å²) in [4.78, 5) is 12.0. The van der Waals surface area contributed by atoms with E-state index in [4.69, 9.17) is 10.5 Å². The summed E-state index contributed by atoms with van der Waals surface area (Å²) in [6, 6.07) is 0.0770. The molecule has 0 aromatic carbocycles. The van der Waals surface area contributed by atoms with Crippen molar-refractivity contribution in [2.24, 2.45) is 17.6 Å². The Kier molecular flexibility index (Phi) is 13.6. The zero-order valence-corrected chi connectivity index (χ0v) is 15.2. The van der Waals surface area contributed by atoms with Crippen LogP contribution < -0.4 is 11.1 Å². The highest BCUT2D eigenvalue weighted by Gasteiger charge is 2.17. The molecule has 132 valence electrons. The zero-order chi connectivity index (χ0) is 16.8. The van der Waals surface area contributed by atoms with Crippen molar-refractivity contribution in [2.45, 2.75) is 78.7 Å². The van der Waals surface area contributed by atoms with Gasteiger partial charge in [0.25, 0.3) is 0 Å². The van der Waals surface area contributed by atoms with E-state index in [0.29, 0.717) is 12.5 Å². The number of nitrogens with one attached hydrogen (secondary N) is 1. The lowest BCUT2D eigenvalue weighted by Gasteiger charge is -2.17. The van der Waals surface area contributed by atoms with Crippen molar-refractivity contribution in [1.29, 1.82) is 0 Å². The average molecular weight is 315 g/mol. The molecule has 0 aliphatic heterocycles. The topological polar surface area (TPSA) is 64.3 Å². The van der Waals surface area contributed by atoms with Crippen molar-refractivity contribution in [3.05, 3.63) is 0 Å². The van der Waals surface area contributed by atoms with E-state index in [1.54, 1.807) is 0 Å². The van der Waals surface area contributed by atoms with Crippen LogP contribution in [-0.2, 0) is 9.53 Å². The van der Waals surface area contributed by atoms with Gasteiger partial charge in [0, 0.05) is 31.7 Å². The molecular weight excluding hydrogens is 276 g/mol. The van der Waals surface area contributed by atoms with E-state index in [-0.39, 0.29) is 17.9 Å². The summed E-state index contributed by atoms with van der Waals surface area (Å²) in [7, 11) is 0. The molecule has 0 heterocycles. The predicted octanol–water partition coefficient (Wildman–Crippen LogP) is 3.49. The largest absolute Gasteiger partial charge is 0.381 e. The number of ether oxygens (including phenoxy) is 1. The van der Waals surface area contributed by atoms with E-state index >= 15 is 0 Å². The minimum atomic E-state index is 0.0411. The molecule has 4 heteroatoms. The van der Waals surface area contributed by atoms with Gasteiger partial charge in [0.15, 0.2) is 0 Å². The summed E-state index contributed by atoms with van der Waals surface area (Å²) in [5.74, 6) is 0.860. The molecule has 0 aliphatic rings. The number of unbranched alkanes of at least 4 members (excludes halogenated alkanes) is 1. The number of carbonyl (C=O) groups excluding carboxylic acids is 1. The molecule has 0 rings (SSSR count). The average Bonchev–Trinajstić information content (AvgIpc) is 2.50. The fourth-order valence-corrected chi connectivity index (χ4v) is 2.59. The molecule has 1 amide bonds. The monoisotopic (exact) mass is 314 g/mol. The first kappa shape index (κ1) is 21.4. The molecule has 0 saturated heterocycles. The molecule has 0 bridgehead atoms. The maximum atomic E-state index is 12.0. The molecule has 22 heavy (non-hydrogen) atoms. The van der Waals surface area contributed by atoms with Crippen LogP contribution in [0.3, 0.4) is 0 Å². The van der Waals surface area contributed by atoms with E-state index in [9.17, 15) is 4.79 Å². The summed E-state index contributed by atoms with van der Waals surface area (Å²) in [6.07, 6.45) is 7.47. The van der Waals surface area contributed by atoms with Gasteiger partial charge in [0.2, 0.25) is 5.91 Å². The van der Waals surface area contributed by atoms with Crippen LogP contribution in [0.4, 0.5) is 0 Å². The second kappa shape index (κ2) is 14.0. The van der Waals surface area contributed by atoms with Crippen LogP contribution in [0.5, 0.6) is 0 Å². The number of amides is 1. The SMILES string of the molecule is CCCCC(CC)COCCCNC(=O)C(CC)CC(C)N. The first-order valence-corrected chi connectivity index (χ1v) is 9.16. The van der Waals surface area contributed by atoms with Gasteiger partial charge in [-0.25, -0.2) is 0 Å². The molecule has 3 unspecified atom stereocenters. The van der Waals surface area contributed by atoms with Crippen LogP contribution in [0.15, 0.2) is 0 Å². The molecular formula is C18H38N2O2. The third-order valence-electron chi connectivity index (χ3n) is 4.18. The fraction of sp³-hybridized carbons (Fsp3) is 0.944. The molecule has 4 nitrogen and oxygen atoms in total. The minimum Gasteiger partial charge on any atom is -0.381 e. The molecule has 3 N–H and O–H groups in total. The van der Waals surface area contributed by atoms with Crippen molar-refractivity contribution >= 4 is 5.91 Å². The molecule has 0 aromatic heterocycles. The molecule has 3 atom stereocenters. The minimum absolute atomic E-state index is 0.0411. The number of hydrogen-bond donors (Lipinski definition) is 2. The Labute approximate surface area is 137 Å². The van der Waals surface area contributed by atoms with Gasteiger partial charge >= 0.3 is 0 Å². The second-order valence-electron chi connectivity index (χ2n) is 6.45. The Morgan fingerprint density at radius 3 is 2.45 bits per heavy atom. The van der Waals surface area contributed by atoms with Gasteiger partial charge in [-0.05, 0) is 38.5 Å². The van der Waals surface area contributed by atoms with E-state index in [1.165, 1.54) is 25.7 Å². The highest BCUT2D eigenvalue weighted by Crippen LogP contribution is 2.13. The van der Waals surface area contributed by atoms with Gasteiger partial charge in [-0.3, -0.25) is 4.79 Å². The highest BCUT2D eigenvalue weighted by molar-refractivity contribution is 5.78. The standard InChI is InChI=1S/C18H38N2O2/c1-5-8-10-16(6-2)14-22-12-9-11-20-18(21)17(7-3)13-15(4)19/h15-17H,5-14,19H2,1-4H3,(H,20,21). The lowest BCUT2D eigenvalue weighted by molar-refractivity contribution is -0.125. The van der Waals surface area contributed by atoms with Gasteiger partial charge in [0.05, 0.1) is 0 Å². The molecule has 0 aromatic rings. The quantitative estimate of drug-likeness (QED) is 0.482. The predicted molar refractivity (Wildman–Crippen MR) is 93.8 cm³/mol. The van der Waals surface area contributed by atoms with Gasteiger partial charge in [-0.2, -0.15) is 0 Å². The first-order chi connectivity index (χ1) is 10.5. The van der Waals surface area contributed by atoms with Crippen molar-refractivity contribution in [3.63, 3.8) is 0 Å². The maximum Gasteiger partial charge on any atom is 0.223 e. The van der Waals surface area contributed by atoms with Gasteiger partial charge < -0.3 is 15.8 Å². The van der Waals surface area contributed by atoms with Gasteiger partial charge in [0.1, 0.15) is 0 Å². The normalized spacial score (nSPS) is 15.3. The fourth-order valence-electron chi connectivity index (χ4n) is 2.59. The van der Waals surface area contributed by atoms with E-state index < -0.39 is 0 Å². The summed E-state index contributed by atoms with van der Waals surface area (Å²) in [5, 5.41) is 3.00. The van der Waals surface area contributed by atoms with E-state index in [0.717, 1.165) is 32.5 Å². The van der Waals surface area contributed by atoms with Crippen molar-refractivity contribution < 1.29 is 9.53 Å². The third kappa shape index (κ3) is 11.0. The summed E-state index contributed by atoms with van der Waals surface area (Å²) in [6.45, 7) is 10.7. The smallest absolute Gasteiger partial charge is 0.223 e. The van der Waals surface area contributed by atoms with Crippen LogP contribution in [0.1, 0.15) is 72.6 Å². The van der Waals surface area contributed by atoms with Crippen LogP contribution >= 0.6 is 0 Å². The van der Waals surface area contributed by atoms with Gasteiger partial charge in [-0.1, -0.05) is 40.0 Å². The van der Waals surface area contributed by atoms with E-state index in [2.05, 4.69) is 19.2 Å². The maximum absolute atomic E-state index is 12.0. The molecule has 0 radical (unpaired) electrons. The van der Waals surface area contributed by atoms with Crippen molar-refractivity contribution in [1.82, 2.24) is 5.32 Å². The van der Waals surface area contributed by atoms with E-state index in [1.807, 2.05) is 13.8 Å². The Bertz CT molecular complexity index is 270. The summed E-state index contributed by atoms with van der Waals surface area (Å²) >= 11 is 0. The van der Waals surface area contributed by atoms with Crippen LogP contribution in [0, 0.1) is 11.8 Å². The Balaban J connectivity index is 3.68. The van der Waals surface area contributed by atoms with Crippen LogP contribution in [-0.4, -0.2) is 31.7 Å². The zero-order valence-electron chi connectivity index (χ0n) is 15.2. The summed E-state index contributed by atoms with van der Waals surface area (Å²) in [5.41, 5.74) is 5.78. The van der Waals surface area contributed by atoms with Crippen LogP contribution in [0.2, 0.25) is 0 Å². The van der Waals surface area contributed by atoms with Gasteiger partial charge in [-0.15, -0.1) is 0 Å². The second-order valence-corrected chi connectivity index (χ2v) is 6.45. The Morgan fingerprint density at radius 1 is 1.18 bits per heavy atom. The summed E-state index contributed by atoms with van der Waals surface area (Å²) < 4.78 is 5.75. The Morgan fingerprint density at radius 2 is 1.91 bits per heavy atom. The molecule has 0 aliphatic carbocycles. The number of nitrogens with two attached hydrogens (primary N) is 1.